The Morgan fingerprint density at radius 2 is 2.00 bits per heavy atom. The summed E-state index contributed by atoms with van der Waals surface area (Å²) in [5.74, 6) is 2.64. The topological polar surface area (TPSA) is 64.7 Å². The number of hydrogen-bond acceptors (Lipinski definition) is 6. The summed E-state index contributed by atoms with van der Waals surface area (Å²) in [5, 5.41) is 17.6. The monoisotopic (exact) mass is 473 g/mol. The largest absolute Gasteiger partial charge is 0.304 e. The molecule has 2 aromatic heterocycles. The van der Waals surface area contributed by atoms with Crippen LogP contribution in [0.25, 0.3) is 11.5 Å². The third-order valence-electron chi connectivity index (χ3n) is 6.15. The molecule has 7 nitrogen and oxygen atoms in total. The van der Waals surface area contributed by atoms with Crippen LogP contribution < -0.4 is 0 Å². The van der Waals surface area contributed by atoms with Crippen molar-refractivity contribution < 1.29 is 0 Å². The summed E-state index contributed by atoms with van der Waals surface area (Å²) >= 11 is 5.31. The second-order valence-electron chi connectivity index (χ2n) is 8.14. The maximum absolute atomic E-state index is 4.33. The number of nitrogens with zero attached hydrogens (tertiary/aromatic N) is 7. The van der Waals surface area contributed by atoms with Crippen molar-refractivity contribution in [3.8, 4) is 11.5 Å². The van der Waals surface area contributed by atoms with Crippen LogP contribution >= 0.6 is 27.7 Å². The molecule has 2 atom stereocenters. The summed E-state index contributed by atoms with van der Waals surface area (Å²) in [7, 11) is 3.84. The van der Waals surface area contributed by atoms with E-state index in [4.69, 9.17) is 0 Å². The Morgan fingerprint density at radius 3 is 2.76 bits per heavy atom. The number of halogens is 1. The number of aromatic nitrogens is 6. The molecular formula is C20H24BrN7S. The third kappa shape index (κ3) is 3.64. The zero-order valence-electron chi connectivity index (χ0n) is 16.6. The van der Waals surface area contributed by atoms with E-state index in [1.165, 1.54) is 25.1 Å². The number of rotatable bonds is 7. The number of piperidine rings is 1. The van der Waals surface area contributed by atoms with E-state index in [2.05, 4.69) is 65.6 Å². The van der Waals surface area contributed by atoms with Crippen LogP contribution in [0.3, 0.4) is 0 Å². The molecule has 29 heavy (non-hydrogen) atoms. The first-order chi connectivity index (χ1) is 14.0. The number of likely N-dealkylation sites (tertiary alicyclic amines) is 1. The second-order valence-corrected chi connectivity index (χ2v) is 10.1. The van der Waals surface area contributed by atoms with Crippen LogP contribution in [-0.4, -0.2) is 60.0 Å². The van der Waals surface area contributed by atoms with E-state index in [0.717, 1.165) is 45.8 Å². The van der Waals surface area contributed by atoms with Gasteiger partial charge in [0, 0.05) is 42.8 Å². The third-order valence-corrected chi connectivity index (χ3v) is 7.79. The van der Waals surface area contributed by atoms with Gasteiger partial charge < -0.3 is 9.47 Å². The standard InChI is InChI=1S/C20H24BrN7S/c1-26-12-17(22-25-26)18-23-24-19(27(18)2)29-9-3-8-28-11-15-10-20(15,13-28)14-4-6-16(21)7-5-14/h4-7,12,15H,3,8-11,13H2,1-2H3/t15-,20?/m0/s1. The molecule has 1 saturated heterocycles. The van der Waals surface area contributed by atoms with E-state index in [9.17, 15) is 0 Å². The van der Waals surface area contributed by atoms with Gasteiger partial charge in [0.05, 0.1) is 6.20 Å². The first-order valence-corrected chi connectivity index (χ1v) is 11.7. The van der Waals surface area contributed by atoms with Crippen molar-refractivity contribution in [2.45, 2.75) is 23.4 Å². The maximum Gasteiger partial charge on any atom is 0.191 e. The SMILES string of the molecule is Cn1cc(-c2nnc(SCCCN3C[C@@H]4CC4(c4ccc(Br)cc4)C3)n2C)nn1. The Labute approximate surface area is 183 Å². The molecule has 1 unspecified atom stereocenters. The molecule has 0 amide bonds. The Bertz CT molecular complexity index is 1010. The van der Waals surface area contributed by atoms with Crippen molar-refractivity contribution >= 4 is 27.7 Å². The summed E-state index contributed by atoms with van der Waals surface area (Å²) in [6, 6.07) is 8.95. The van der Waals surface area contributed by atoms with Gasteiger partial charge >= 0.3 is 0 Å². The van der Waals surface area contributed by atoms with Gasteiger partial charge in [0.1, 0.15) is 0 Å². The van der Waals surface area contributed by atoms with E-state index in [-0.39, 0.29) is 0 Å². The van der Waals surface area contributed by atoms with Crippen LogP contribution in [0.2, 0.25) is 0 Å². The molecule has 0 radical (unpaired) electrons. The zero-order valence-corrected chi connectivity index (χ0v) is 19.0. The minimum absolute atomic E-state index is 0.420. The number of thioether (sulfide) groups is 1. The summed E-state index contributed by atoms with van der Waals surface area (Å²) in [6.45, 7) is 3.59. The van der Waals surface area contributed by atoms with E-state index in [0.29, 0.717) is 5.41 Å². The molecule has 1 aliphatic heterocycles. The summed E-state index contributed by atoms with van der Waals surface area (Å²) in [4.78, 5) is 2.64. The van der Waals surface area contributed by atoms with E-state index < -0.39 is 0 Å². The molecule has 0 spiro atoms. The van der Waals surface area contributed by atoms with Gasteiger partial charge in [0.15, 0.2) is 16.7 Å². The highest BCUT2D eigenvalue weighted by Crippen LogP contribution is 2.59. The summed E-state index contributed by atoms with van der Waals surface area (Å²) in [6.07, 6.45) is 4.36. The highest BCUT2D eigenvalue weighted by Gasteiger charge is 2.60. The molecule has 0 N–H and O–H groups in total. The number of benzene rings is 1. The lowest BCUT2D eigenvalue weighted by molar-refractivity contribution is 0.299. The average Bonchev–Trinajstić information content (AvgIpc) is 3.03. The number of fused-ring (bicyclic) bond motifs is 1. The van der Waals surface area contributed by atoms with Gasteiger partial charge in [0.2, 0.25) is 0 Å². The molecule has 1 saturated carbocycles. The molecule has 3 heterocycles. The molecule has 5 rings (SSSR count). The van der Waals surface area contributed by atoms with Gasteiger partial charge in [-0.05, 0) is 43.0 Å². The van der Waals surface area contributed by atoms with Crippen LogP contribution in [0.5, 0.6) is 0 Å². The molecule has 152 valence electrons. The minimum atomic E-state index is 0.420. The average molecular weight is 474 g/mol. The summed E-state index contributed by atoms with van der Waals surface area (Å²) in [5.41, 5.74) is 2.69. The van der Waals surface area contributed by atoms with Crippen LogP contribution in [0.15, 0.2) is 40.1 Å². The van der Waals surface area contributed by atoms with Gasteiger partial charge in [-0.3, -0.25) is 4.68 Å². The predicted molar refractivity (Wildman–Crippen MR) is 117 cm³/mol. The van der Waals surface area contributed by atoms with Gasteiger partial charge in [0.25, 0.3) is 0 Å². The lowest BCUT2D eigenvalue weighted by atomic mass is 9.95. The number of hydrogen-bond donors (Lipinski definition) is 0. The van der Waals surface area contributed by atoms with Crippen molar-refractivity contribution in [3.05, 3.63) is 40.5 Å². The zero-order chi connectivity index (χ0) is 20.0. The molecule has 1 aromatic carbocycles. The fraction of sp³-hybridized carbons (Fsp3) is 0.500. The molecule has 9 heteroatoms. The smallest absolute Gasteiger partial charge is 0.191 e. The van der Waals surface area contributed by atoms with Gasteiger partial charge in [-0.1, -0.05) is 45.0 Å². The molecule has 2 aliphatic rings. The van der Waals surface area contributed by atoms with Crippen LogP contribution in [0.1, 0.15) is 18.4 Å². The molecule has 0 bridgehead atoms. The quantitative estimate of drug-likeness (QED) is 0.387. The molecule has 3 aromatic rings. The normalized spacial score (nSPS) is 23.5. The first-order valence-electron chi connectivity index (χ1n) is 9.92. The fourth-order valence-electron chi connectivity index (χ4n) is 4.55. The Balaban J connectivity index is 1.12. The van der Waals surface area contributed by atoms with E-state index in [1.807, 2.05) is 24.9 Å². The molecule has 1 aliphatic carbocycles. The number of aryl methyl sites for hydroxylation is 1. The Morgan fingerprint density at radius 1 is 1.17 bits per heavy atom. The van der Waals surface area contributed by atoms with Crippen molar-refractivity contribution in [2.24, 2.45) is 20.0 Å². The maximum atomic E-state index is 4.33. The van der Waals surface area contributed by atoms with Crippen LogP contribution in [-0.2, 0) is 19.5 Å². The van der Waals surface area contributed by atoms with Crippen molar-refractivity contribution in [3.63, 3.8) is 0 Å². The highest BCUT2D eigenvalue weighted by atomic mass is 79.9. The van der Waals surface area contributed by atoms with Crippen LogP contribution in [0, 0.1) is 5.92 Å². The van der Waals surface area contributed by atoms with Gasteiger partial charge in [-0.25, -0.2) is 0 Å². The minimum Gasteiger partial charge on any atom is -0.304 e. The fourth-order valence-corrected chi connectivity index (χ4v) is 5.65. The van der Waals surface area contributed by atoms with E-state index in [1.54, 1.807) is 16.4 Å². The Kier molecular flexibility index (Phi) is 4.99. The summed E-state index contributed by atoms with van der Waals surface area (Å²) < 4.78 is 4.84. The lowest BCUT2D eigenvalue weighted by Gasteiger charge is -2.21. The van der Waals surface area contributed by atoms with Crippen molar-refractivity contribution in [1.29, 1.82) is 0 Å². The van der Waals surface area contributed by atoms with Gasteiger partial charge in [-0.2, -0.15) is 0 Å². The second kappa shape index (κ2) is 7.52. The highest BCUT2D eigenvalue weighted by molar-refractivity contribution is 9.10. The van der Waals surface area contributed by atoms with Crippen LogP contribution in [0.4, 0.5) is 0 Å². The predicted octanol–water partition coefficient (Wildman–Crippen LogP) is 3.13. The van der Waals surface area contributed by atoms with Gasteiger partial charge in [-0.15, -0.1) is 15.3 Å². The molecular weight excluding hydrogens is 450 g/mol. The molecule has 2 fully saturated rings. The van der Waals surface area contributed by atoms with Crippen molar-refractivity contribution in [1.82, 2.24) is 34.7 Å². The Hall–Kier alpha value is -1.71. The van der Waals surface area contributed by atoms with Crippen molar-refractivity contribution in [2.75, 3.05) is 25.4 Å². The first kappa shape index (κ1) is 19.3. The van der Waals surface area contributed by atoms with E-state index >= 15 is 0 Å². The lowest BCUT2D eigenvalue weighted by Crippen LogP contribution is -2.27.